The van der Waals surface area contributed by atoms with Crippen LogP contribution in [0.5, 0.6) is 0 Å². The van der Waals surface area contributed by atoms with Crippen molar-refractivity contribution in [2.45, 2.75) is 17.9 Å². The van der Waals surface area contributed by atoms with Crippen LogP contribution in [0.15, 0.2) is 57.9 Å². The Morgan fingerprint density at radius 2 is 1.65 bits per heavy atom. The van der Waals surface area contributed by atoms with Crippen LogP contribution >= 0.6 is 15.9 Å². The molecule has 5 nitrogen and oxygen atoms in total. The summed E-state index contributed by atoms with van der Waals surface area (Å²) in [5.74, 6) is 0. The average molecular weight is 434 g/mol. The highest BCUT2D eigenvalue weighted by Gasteiger charge is 2.26. The van der Waals surface area contributed by atoms with E-state index in [1.165, 1.54) is 0 Å². The number of benzene rings is 2. The third-order valence-electron chi connectivity index (χ3n) is 4.49. The van der Waals surface area contributed by atoms with Crippen molar-refractivity contribution in [3.8, 4) is 6.07 Å². The van der Waals surface area contributed by atoms with E-state index in [0.29, 0.717) is 30.1 Å². The lowest BCUT2D eigenvalue weighted by Gasteiger charge is -2.22. The van der Waals surface area contributed by atoms with Crippen molar-refractivity contribution in [2.24, 2.45) is 0 Å². The van der Waals surface area contributed by atoms with Crippen LogP contribution in [-0.4, -0.2) is 43.8 Å². The first-order valence-corrected chi connectivity index (χ1v) is 10.7. The van der Waals surface area contributed by atoms with Crippen LogP contribution in [0, 0.1) is 11.3 Å². The Hall–Kier alpha value is -1.72. The summed E-state index contributed by atoms with van der Waals surface area (Å²) in [4.78, 5) is 2.60. The number of hydrogen-bond acceptors (Lipinski definition) is 4. The monoisotopic (exact) mass is 433 g/mol. The molecule has 0 radical (unpaired) electrons. The minimum atomic E-state index is -3.46. The minimum Gasteiger partial charge on any atom is -0.298 e. The number of hydrogen-bond donors (Lipinski definition) is 0. The molecule has 2 aromatic carbocycles. The van der Waals surface area contributed by atoms with Crippen LogP contribution in [0.1, 0.15) is 17.5 Å². The molecule has 1 saturated heterocycles. The summed E-state index contributed by atoms with van der Waals surface area (Å²) in [5.41, 5.74) is 1.78. The van der Waals surface area contributed by atoms with Gasteiger partial charge in [-0.3, -0.25) is 4.90 Å². The Morgan fingerprint density at radius 3 is 2.31 bits per heavy atom. The molecular formula is C19H20BrN3O2S. The molecule has 0 amide bonds. The second-order valence-corrected chi connectivity index (χ2v) is 9.15. The zero-order chi connectivity index (χ0) is 18.6. The molecule has 0 unspecified atom stereocenters. The fourth-order valence-corrected chi connectivity index (χ4v) is 4.78. The van der Waals surface area contributed by atoms with E-state index in [0.717, 1.165) is 29.5 Å². The Bertz CT molecular complexity index is 890. The lowest BCUT2D eigenvalue weighted by Crippen LogP contribution is -2.35. The lowest BCUT2D eigenvalue weighted by atomic mass is 10.1. The van der Waals surface area contributed by atoms with Crippen LogP contribution in [0.4, 0.5) is 0 Å². The molecule has 0 N–H and O–H groups in total. The van der Waals surface area contributed by atoms with Crippen LogP contribution in [-0.2, 0) is 16.6 Å². The molecule has 1 heterocycles. The molecule has 0 atom stereocenters. The Labute approximate surface area is 163 Å². The number of nitrogens with zero attached hydrogens (tertiary/aromatic N) is 3. The Morgan fingerprint density at radius 1 is 0.962 bits per heavy atom. The van der Waals surface area contributed by atoms with Gasteiger partial charge >= 0.3 is 0 Å². The van der Waals surface area contributed by atoms with Crippen molar-refractivity contribution in [1.82, 2.24) is 9.21 Å². The first kappa shape index (κ1) is 19.1. The molecule has 26 heavy (non-hydrogen) atoms. The highest BCUT2D eigenvalue weighted by atomic mass is 79.9. The summed E-state index contributed by atoms with van der Waals surface area (Å²) < 4.78 is 28.1. The second kappa shape index (κ2) is 8.31. The van der Waals surface area contributed by atoms with Gasteiger partial charge < -0.3 is 0 Å². The summed E-state index contributed by atoms with van der Waals surface area (Å²) in [6, 6.07) is 16.4. The van der Waals surface area contributed by atoms with Crippen molar-refractivity contribution >= 4 is 26.0 Å². The van der Waals surface area contributed by atoms with E-state index in [1.807, 2.05) is 24.3 Å². The molecule has 1 aliphatic heterocycles. The SMILES string of the molecule is N#Cc1ccc(CN2CCCN(S(=O)(=O)c3ccc(Br)cc3)CC2)cc1. The van der Waals surface area contributed by atoms with E-state index < -0.39 is 10.0 Å². The van der Waals surface area contributed by atoms with Crippen LogP contribution in [0.3, 0.4) is 0 Å². The number of rotatable bonds is 4. The fourth-order valence-electron chi connectivity index (χ4n) is 3.04. The molecule has 0 spiro atoms. The quantitative estimate of drug-likeness (QED) is 0.742. The predicted octanol–water partition coefficient (Wildman–Crippen LogP) is 3.22. The third kappa shape index (κ3) is 4.51. The molecule has 136 valence electrons. The van der Waals surface area contributed by atoms with Crippen LogP contribution in [0.25, 0.3) is 0 Å². The summed E-state index contributed by atoms with van der Waals surface area (Å²) in [6.45, 7) is 3.32. The number of nitriles is 1. The van der Waals surface area contributed by atoms with Crippen molar-refractivity contribution < 1.29 is 8.42 Å². The molecule has 2 aromatic rings. The van der Waals surface area contributed by atoms with Crippen molar-refractivity contribution in [3.05, 3.63) is 64.1 Å². The van der Waals surface area contributed by atoms with E-state index in [9.17, 15) is 8.42 Å². The van der Waals surface area contributed by atoms with Gasteiger partial charge in [0.1, 0.15) is 0 Å². The largest absolute Gasteiger partial charge is 0.298 e. The number of halogens is 1. The van der Waals surface area contributed by atoms with Gasteiger partial charge in [-0.1, -0.05) is 28.1 Å². The van der Waals surface area contributed by atoms with E-state index >= 15 is 0 Å². The highest BCUT2D eigenvalue weighted by Crippen LogP contribution is 2.20. The van der Waals surface area contributed by atoms with Crippen molar-refractivity contribution in [1.29, 1.82) is 5.26 Å². The normalized spacial score (nSPS) is 16.8. The summed E-state index contributed by atoms with van der Waals surface area (Å²) in [6.07, 6.45) is 0.798. The zero-order valence-corrected chi connectivity index (χ0v) is 16.7. The van der Waals surface area contributed by atoms with E-state index in [1.54, 1.807) is 28.6 Å². The average Bonchev–Trinajstić information content (AvgIpc) is 2.89. The summed E-state index contributed by atoms with van der Waals surface area (Å²) >= 11 is 3.34. The predicted molar refractivity (Wildman–Crippen MR) is 104 cm³/mol. The van der Waals surface area contributed by atoms with Gasteiger partial charge in [0.05, 0.1) is 16.5 Å². The molecule has 0 aliphatic carbocycles. The van der Waals surface area contributed by atoms with Gasteiger partial charge in [0.2, 0.25) is 10.0 Å². The van der Waals surface area contributed by atoms with Crippen molar-refractivity contribution in [3.63, 3.8) is 0 Å². The molecule has 7 heteroatoms. The van der Waals surface area contributed by atoms with E-state index in [2.05, 4.69) is 26.9 Å². The van der Waals surface area contributed by atoms with Crippen LogP contribution in [0.2, 0.25) is 0 Å². The maximum absolute atomic E-state index is 12.8. The topological polar surface area (TPSA) is 64.4 Å². The van der Waals surface area contributed by atoms with Crippen LogP contribution < -0.4 is 0 Å². The summed E-state index contributed by atoms with van der Waals surface area (Å²) in [5, 5.41) is 8.88. The molecule has 0 saturated carbocycles. The zero-order valence-electron chi connectivity index (χ0n) is 14.3. The van der Waals surface area contributed by atoms with E-state index in [4.69, 9.17) is 5.26 Å². The smallest absolute Gasteiger partial charge is 0.243 e. The standard InChI is InChI=1S/C19H20BrN3O2S/c20-18-6-8-19(9-7-18)26(24,25)23-11-1-10-22(12-13-23)15-17-4-2-16(14-21)3-5-17/h2-9H,1,10-13,15H2. The maximum atomic E-state index is 12.8. The van der Waals surface area contributed by atoms with Gasteiger partial charge in [-0.05, 0) is 54.9 Å². The second-order valence-electron chi connectivity index (χ2n) is 6.30. The number of sulfonamides is 1. The van der Waals surface area contributed by atoms with Gasteiger partial charge in [-0.25, -0.2) is 8.42 Å². The Balaban J connectivity index is 1.65. The first-order chi connectivity index (χ1) is 12.5. The molecule has 1 fully saturated rings. The lowest BCUT2D eigenvalue weighted by molar-refractivity contribution is 0.278. The van der Waals surface area contributed by atoms with Gasteiger partial charge in [0.15, 0.2) is 0 Å². The Kier molecular flexibility index (Phi) is 6.09. The highest BCUT2D eigenvalue weighted by molar-refractivity contribution is 9.10. The van der Waals surface area contributed by atoms with Gasteiger partial charge in [0, 0.05) is 30.7 Å². The molecule has 0 bridgehead atoms. The van der Waals surface area contributed by atoms with Gasteiger partial charge in [-0.2, -0.15) is 9.57 Å². The maximum Gasteiger partial charge on any atom is 0.243 e. The molecular weight excluding hydrogens is 414 g/mol. The summed E-state index contributed by atoms with van der Waals surface area (Å²) in [7, 11) is -3.46. The fraction of sp³-hybridized carbons (Fsp3) is 0.316. The van der Waals surface area contributed by atoms with Gasteiger partial charge in [0.25, 0.3) is 0 Å². The van der Waals surface area contributed by atoms with E-state index in [-0.39, 0.29) is 0 Å². The molecule has 3 rings (SSSR count). The molecule has 1 aliphatic rings. The van der Waals surface area contributed by atoms with Gasteiger partial charge in [-0.15, -0.1) is 0 Å². The third-order valence-corrected chi connectivity index (χ3v) is 6.93. The first-order valence-electron chi connectivity index (χ1n) is 8.46. The minimum absolute atomic E-state index is 0.334. The van der Waals surface area contributed by atoms with Crippen molar-refractivity contribution in [2.75, 3.05) is 26.2 Å². The molecule has 0 aromatic heterocycles.